The summed E-state index contributed by atoms with van der Waals surface area (Å²) in [5.74, 6) is 2.38. The quantitative estimate of drug-likeness (QED) is 0.801. The van der Waals surface area contributed by atoms with Gasteiger partial charge in [0.05, 0.1) is 0 Å². The van der Waals surface area contributed by atoms with Gasteiger partial charge in [-0.25, -0.2) is 0 Å². The molecule has 1 heterocycles. The van der Waals surface area contributed by atoms with Crippen molar-refractivity contribution in [3.05, 3.63) is 11.3 Å². The highest BCUT2D eigenvalue weighted by molar-refractivity contribution is 5.43. The molecular formula is C12H23N3. The zero-order chi connectivity index (χ0) is 11.6. The molecule has 0 radical (unpaired) electrons. The molecule has 3 heteroatoms. The fourth-order valence-electron chi connectivity index (χ4n) is 1.73. The fourth-order valence-corrected chi connectivity index (χ4v) is 1.73. The molecule has 0 aliphatic heterocycles. The molecule has 0 spiro atoms. The number of nitrogens with zero attached hydrogens (tertiary/aromatic N) is 1. The number of anilines is 1. The predicted molar refractivity (Wildman–Crippen MR) is 64.8 cm³/mol. The summed E-state index contributed by atoms with van der Waals surface area (Å²) in [6, 6.07) is 0. The van der Waals surface area contributed by atoms with E-state index in [1.807, 2.05) is 0 Å². The normalized spacial score (nSPS) is 13.8. The van der Waals surface area contributed by atoms with Crippen LogP contribution in [0.2, 0.25) is 0 Å². The number of rotatable bonds is 4. The van der Waals surface area contributed by atoms with Crippen molar-refractivity contribution < 1.29 is 0 Å². The van der Waals surface area contributed by atoms with Crippen molar-refractivity contribution in [2.45, 2.75) is 47.0 Å². The molecule has 3 N–H and O–H groups in total. The molecule has 15 heavy (non-hydrogen) atoms. The average molecular weight is 209 g/mol. The Balaban J connectivity index is 2.97. The highest BCUT2D eigenvalue weighted by Crippen LogP contribution is 2.29. The van der Waals surface area contributed by atoms with Gasteiger partial charge in [-0.2, -0.15) is 5.10 Å². The van der Waals surface area contributed by atoms with Gasteiger partial charge < -0.3 is 5.73 Å². The lowest BCUT2D eigenvalue weighted by Gasteiger charge is -2.16. The Morgan fingerprint density at radius 2 is 1.80 bits per heavy atom. The maximum atomic E-state index is 5.89. The molecule has 3 nitrogen and oxygen atoms in total. The molecule has 1 aromatic rings. The van der Waals surface area contributed by atoms with Crippen molar-refractivity contribution in [1.82, 2.24) is 10.2 Å². The Morgan fingerprint density at radius 3 is 2.27 bits per heavy atom. The second kappa shape index (κ2) is 4.69. The molecule has 1 rings (SSSR count). The van der Waals surface area contributed by atoms with Crippen molar-refractivity contribution in [2.75, 3.05) is 5.73 Å². The summed E-state index contributed by atoms with van der Waals surface area (Å²) in [6.07, 6.45) is 1.01. The van der Waals surface area contributed by atoms with Crippen molar-refractivity contribution in [1.29, 1.82) is 0 Å². The van der Waals surface area contributed by atoms with Crippen LogP contribution in [-0.2, 0) is 6.42 Å². The molecular weight excluding hydrogens is 186 g/mol. The number of nitrogen functional groups attached to an aromatic ring is 1. The zero-order valence-electron chi connectivity index (χ0n) is 10.5. The smallest absolute Gasteiger partial charge is 0.148 e. The van der Waals surface area contributed by atoms with Crippen LogP contribution in [0.3, 0.4) is 0 Å². The summed E-state index contributed by atoms with van der Waals surface area (Å²) in [5.41, 5.74) is 8.32. The topological polar surface area (TPSA) is 54.7 Å². The Labute approximate surface area is 92.5 Å². The second-order valence-corrected chi connectivity index (χ2v) is 5.13. The van der Waals surface area contributed by atoms with Crippen LogP contribution in [-0.4, -0.2) is 10.2 Å². The fraction of sp³-hybridized carbons (Fsp3) is 0.750. The van der Waals surface area contributed by atoms with Gasteiger partial charge in [-0.05, 0) is 18.3 Å². The van der Waals surface area contributed by atoms with Gasteiger partial charge in [-0.15, -0.1) is 0 Å². The Bertz CT molecular complexity index is 313. The van der Waals surface area contributed by atoms with Crippen LogP contribution in [0.5, 0.6) is 0 Å². The molecule has 0 aliphatic rings. The van der Waals surface area contributed by atoms with Gasteiger partial charge >= 0.3 is 0 Å². The third-order valence-electron chi connectivity index (χ3n) is 3.00. The maximum absolute atomic E-state index is 5.89. The van der Waals surface area contributed by atoms with Crippen molar-refractivity contribution >= 4 is 5.82 Å². The number of aromatic amines is 1. The standard InChI is InChI=1S/C12H23N3/c1-7(2)6-10-11(9(5)8(3)4)14-15-12(10)13/h7-9H,6H2,1-5H3,(H3,13,14,15). The number of nitrogens with two attached hydrogens (primary N) is 1. The summed E-state index contributed by atoms with van der Waals surface area (Å²) >= 11 is 0. The Morgan fingerprint density at radius 1 is 1.20 bits per heavy atom. The third-order valence-corrected chi connectivity index (χ3v) is 3.00. The Kier molecular flexibility index (Phi) is 3.77. The first kappa shape index (κ1) is 12.1. The average Bonchev–Trinajstić information content (AvgIpc) is 2.46. The SMILES string of the molecule is CC(C)Cc1c(N)n[nH]c1C(C)C(C)C. The van der Waals surface area contributed by atoms with Gasteiger partial charge in [0.15, 0.2) is 0 Å². The summed E-state index contributed by atoms with van der Waals surface area (Å²) < 4.78 is 0. The van der Waals surface area contributed by atoms with E-state index in [1.54, 1.807) is 0 Å². The minimum Gasteiger partial charge on any atom is -0.382 e. The molecule has 0 aromatic carbocycles. The van der Waals surface area contributed by atoms with Crippen molar-refractivity contribution in [3.8, 4) is 0 Å². The van der Waals surface area contributed by atoms with Crippen LogP contribution in [0.1, 0.15) is 51.8 Å². The number of nitrogens with one attached hydrogen (secondary N) is 1. The van der Waals surface area contributed by atoms with E-state index in [4.69, 9.17) is 5.73 Å². The summed E-state index contributed by atoms with van der Waals surface area (Å²) in [7, 11) is 0. The highest BCUT2D eigenvalue weighted by Gasteiger charge is 2.19. The van der Waals surface area contributed by atoms with E-state index in [0.717, 1.165) is 6.42 Å². The minimum atomic E-state index is 0.489. The van der Waals surface area contributed by atoms with Crippen LogP contribution in [0.25, 0.3) is 0 Å². The predicted octanol–water partition coefficient (Wildman–Crippen LogP) is 2.95. The summed E-state index contributed by atoms with van der Waals surface area (Å²) in [4.78, 5) is 0. The van der Waals surface area contributed by atoms with Gasteiger partial charge in [0.25, 0.3) is 0 Å². The first-order chi connectivity index (χ1) is 6.93. The minimum absolute atomic E-state index is 0.489. The first-order valence-corrected chi connectivity index (χ1v) is 5.76. The zero-order valence-corrected chi connectivity index (χ0v) is 10.5. The van der Waals surface area contributed by atoms with E-state index in [-0.39, 0.29) is 0 Å². The van der Waals surface area contributed by atoms with Crippen LogP contribution in [0, 0.1) is 11.8 Å². The van der Waals surface area contributed by atoms with Gasteiger partial charge in [0.1, 0.15) is 5.82 Å². The van der Waals surface area contributed by atoms with Crippen molar-refractivity contribution in [2.24, 2.45) is 11.8 Å². The number of H-pyrrole nitrogens is 1. The molecule has 1 aromatic heterocycles. The monoisotopic (exact) mass is 209 g/mol. The molecule has 0 amide bonds. The first-order valence-electron chi connectivity index (χ1n) is 5.76. The molecule has 1 atom stereocenters. The van der Waals surface area contributed by atoms with Gasteiger partial charge in [0.2, 0.25) is 0 Å². The van der Waals surface area contributed by atoms with Gasteiger partial charge in [0, 0.05) is 17.2 Å². The van der Waals surface area contributed by atoms with E-state index in [2.05, 4.69) is 44.8 Å². The lowest BCUT2D eigenvalue weighted by Crippen LogP contribution is -2.07. The van der Waals surface area contributed by atoms with Crippen LogP contribution in [0.15, 0.2) is 0 Å². The lowest BCUT2D eigenvalue weighted by molar-refractivity contribution is 0.514. The number of hydrogen-bond acceptors (Lipinski definition) is 2. The molecule has 86 valence electrons. The molecule has 0 saturated carbocycles. The molecule has 0 saturated heterocycles. The van der Waals surface area contributed by atoms with E-state index in [1.165, 1.54) is 11.3 Å². The van der Waals surface area contributed by atoms with E-state index >= 15 is 0 Å². The van der Waals surface area contributed by atoms with E-state index in [0.29, 0.717) is 23.6 Å². The van der Waals surface area contributed by atoms with Crippen LogP contribution in [0.4, 0.5) is 5.82 Å². The molecule has 1 unspecified atom stereocenters. The molecule has 0 aliphatic carbocycles. The lowest BCUT2D eigenvalue weighted by atomic mass is 9.90. The number of aromatic nitrogens is 2. The second-order valence-electron chi connectivity index (χ2n) is 5.13. The highest BCUT2D eigenvalue weighted by atomic mass is 15.2. The molecule has 0 bridgehead atoms. The van der Waals surface area contributed by atoms with Gasteiger partial charge in [-0.1, -0.05) is 34.6 Å². The van der Waals surface area contributed by atoms with Crippen LogP contribution < -0.4 is 5.73 Å². The summed E-state index contributed by atoms with van der Waals surface area (Å²) in [5, 5.41) is 7.21. The maximum Gasteiger partial charge on any atom is 0.148 e. The van der Waals surface area contributed by atoms with Crippen molar-refractivity contribution in [3.63, 3.8) is 0 Å². The Hall–Kier alpha value is -0.990. The summed E-state index contributed by atoms with van der Waals surface area (Å²) in [6.45, 7) is 11.1. The van der Waals surface area contributed by atoms with Crippen LogP contribution >= 0.6 is 0 Å². The number of hydrogen-bond donors (Lipinski definition) is 2. The molecule has 0 fully saturated rings. The van der Waals surface area contributed by atoms with Gasteiger partial charge in [-0.3, -0.25) is 5.10 Å². The third kappa shape index (κ3) is 2.74. The largest absolute Gasteiger partial charge is 0.382 e. The van der Waals surface area contributed by atoms with E-state index in [9.17, 15) is 0 Å². The van der Waals surface area contributed by atoms with E-state index < -0.39 is 0 Å².